The topological polar surface area (TPSA) is 415 Å². The van der Waals surface area contributed by atoms with Gasteiger partial charge in [0.15, 0.2) is 0 Å². The van der Waals surface area contributed by atoms with Gasteiger partial charge in [-0.05, 0) is 114 Å². The second-order valence-electron chi connectivity index (χ2n) is 14.5. The van der Waals surface area contributed by atoms with Gasteiger partial charge in [0.25, 0.3) is 30.4 Å². The number of hydrogen-bond donors (Lipinski definition) is 4. The van der Waals surface area contributed by atoms with Gasteiger partial charge in [-0.3, -0.25) is 13.7 Å². The van der Waals surface area contributed by atoms with Crippen LogP contribution in [0.5, 0.6) is 0 Å². The number of nitrogens with one attached hydrogen (secondary N) is 1. The number of benzene rings is 6. The van der Waals surface area contributed by atoms with Gasteiger partial charge in [-0.2, -0.15) is 71.0 Å². The van der Waals surface area contributed by atoms with Gasteiger partial charge in [0.05, 0.1) is 50.5 Å². The predicted molar refractivity (Wildman–Crippen MR) is 265 cm³/mol. The van der Waals surface area contributed by atoms with Crippen LogP contribution in [0.25, 0.3) is 0 Å². The van der Waals surface area contributed by atoms with Gasteiger partial charge in [0.2, 0.25) is 5.95 Å². The number of aromatic nitrogens is 3. The van der Waals surface area contributed by atoms with Crippen LogP contribution in [0, 0.1) is 0 Å². The summed E-state index contributed by atoms with van der Waals surface area (Å²) in [5.74, 6) is 0.249. The fourth-order valence-electron chi connectivity index (χ4n) is 5.80. The van der Waals surface area contributed by atoms with Gasteiger partial charge >= 0.3 is 21.2 Å². The van der Waals surface area contributed by atoms with Crippen LogP contribution in [-0.2, 0) is 64.4 Å². The molecular weight excluding hydrogens is 1080 g/mol. The second-order valence-corrected chi connectivity index (χ2v) is 19.7. The summed E-state index contributed by atoms with van der Waals surface area (Å²) in [6.45, 7) is -0.163. The van der Waals surface area contributed by atoms with Crippen LogP contribution in [0.15, 0.2) is 196 Å². The molecule has 0 aliphatic heterocycles. The monoisotopic (exact) mass is 1120 g/mol. The van der Waals surface area contributed by atoms with E-state index in [0.29, 0.717) is 45.8 Å². The zero-order chi connectivity index (χ0) is 54.6. The lowest BCUT2D eigenvalue weighted by Crippen LogP contribution is -2.17. The minimum absolute atomic E-state index is 0.100. The standard InChI is InChI=1S/C43H36N12O9S3.2O3S/c56-65(57,58)25-24-44-43-46-41(26-29-6-10-32(11-7-29)49-50-34-14-16-35(17-15-34)51-52-36-18-21-38(22-19-36)66(59,60)61)45-42(47-43)27-30-8-12-33(13-9-30)53-55-39-23-20-37(28-40(39)67(62,63)64)54-48-31-4-2-1-3-5-31;2*1-4(2)3/h1-23,28H,24-27H2,(H,56,57,58)(H,59,60,61)(H,62,63,64)(H,44,45,46,47);;. The Kier molecular flexibility index (Phi) is 20.6. The summed E-state index contributed by atoms with van der Waals surface area (Å²) in [5, 5.41) is 35.9. The molecule has 1 heterocycles. The van der Waals surface area contributed by atoms with Gasteiger partial charge in [0.1, 0.15) is 22.2 Å². The number of anilines is 1. The zero-order valence-corrected chi connectivity index (χ0v) is 42.0. The number of hydrogen-bond acceptors (Lipinski definition) is 24. The van der Waals surface area contributed by atoms with E-state index in [1.54, 1.807) is 84.9 Å². The van der Waals surface area contributed by atoms with E-state index in [1.807, 2.05) is 18.2 Å². The van der Waals surface area contributed by atoms with Gasteiger partial charge in [0, 0.05) is 19.4 Å². The van der Waals surface area contributed by atoms with Crippen LogP contribution in [0.4, 0.5) is 51.4 Å². The largest absolute Gasteiger partial charge is 0.425 e. The molecule has 0 radical (unpaired) electrons. The van der Waals surface area contributed by atoms with Crippen LogP contribution in [-0.4, -0.2) is 91.4 Å². The quantitative estimate of drug-likeness (QED) is 0.0462. The van der Waals surface area contributed by atoms with Crippen molar-refractivity contribution in [3.8, 4) is 0 Å². The molecule has 0 fully saturated rings. The molecule has 388 valence electrons. The molecule has 7 aromatic rings. The number of azo groups is 4. The Balaban J connectivity index is 0.00000121. The van der Waals surface area contributed by atoms with Crippen LogP contribution >= 0.6 is 0 Å². The first-order chi connectivity index (χ1) is 35.5. The summed E-state index contributed by atoms with van der Waals surface area (Å²) in [6, 6.07) is 38.8. The van der Waals surface area contributed by atoms with Gasteiger partial charge in [-0.25, -0.2) is 4.98 Å². The Hall–Kier alpha value is -8.50. The number of rotatable bonds is 18. The minimum atomic E-state index is -4.70. The summed E-state index contributed by atoms with van der Waals surface area (Å²) in [7, 11) is -19.5. The molecule has 0 aliphatic carbocycles. The van der Waals surface area contributed by atoms with Crippen LogP contribution < -0.4 is 5.32 Å². The Morgan fingerprint density at radius 2 is 0.787 bits per heavy atom. The van der Waals surface area contributed by atoms with Crippen molar-refractivity contribution in [3.05, 3.63) is 168 Å². The molecule has 4 N–H and O–H groups in total. The summed E-state index contributed by atoms with van der Waals surface area (Å²) >= 11 is 0. The molecule has 0 aliphatic rings. The molecule has 1 aromatic heterocycles. The Labute approximate surface area is 429 Å². The van der Waals surface area contributed by atoms with E-state index < -0.39 is 62.2 Å². The van der Waals surface area contributed by atoms with Crippen molar-refractivity contribution in [2.75, 3.05) is 17.6 Å². The average Bonchev–Trinajstić information content (AvgIpc) is 3.34. The van der Waals surface area contributed by atoms with Crippen LogP contribution in [0.1, 0.15) is 22.8 Å². The highest BCUT2D eigenvalue weighted by Gasteiger charge is 2.17. The first-order valence-corrected chi connectivity index (χ1v) is 27.1. The van der Waals surface area contributed by atoms with Crippen molar-refractivity contribution in [1.29, 1.82) is 0 Å². The zero-order valence-electron chi connectivity index (χ0n) is 37.9. The lowest BCUT2D eigenvalue weighted by atomic mass is 10.1. The molecule has 27 nitrogen and oxygen atoms in total. The fraction of sp³-hybridized carbons (Fsp3) is 0.0930. The van der Waals surface area contributed by atoms with Crippen molar-refractivity contribution < 1.29 is 64.2 Å². The van der Waals surface area contributed by atoms with E-state index in [0.717, 1.165) is 17.2 Å². The summed E-state index contributed by atoms with van der Waals surface area (Å²) in [6.07, 6.45) is 0.491. The molecule has 7 rings (SSSR count). The summed E-state index contributed by atoms with van der Waals surface area (Å²) in [5.41, 5.74) is 4.57. The summed E-state index contributed by atoms with van der Waals surface area (Å²) in [4.78, 5) is 12.8. The molecule has 0 bridgehead atoms. The molecule has 0 saturated carbocycles. The number of nitrogens with zero attached hydrogens (tertiary/aromatic N) is 11. The Morgan fingerprint density at radius 3 is 1.19 bits per heavy atom. The third kappa shape index (κ3) is 21.2. The molecule has 0 unspecified atom stereocenters. The van der Waals surface area contributed by atoms with Gasteiger partial charge in [-0.15, -0.1) is 30.4 Å². The fourth-order valence-corrected chi connectivity index (χ4v) is 7.28. The van der Waals surface area contributed by atoms with E-state index in [9.17, 15) is 34.4 Å². The minimum Gasteiger partial charge on any atom is -0.353 e. The maximum atomic E-state index is 12.2. The maximum Gasteiger partial charge on any atom is 0.425 e. The van der Waals surface area contributed by atoms with E-state index in [4.69, 9.17) is 29.8 Å². The SMILES string of the molecule is O=S(=O)(O)CCNc1nc(Cc2ccc(N=Nc3ccc(N=Nc4ccc(S(=O)(=O)O)cc4)cc3)cc2)nc(Cc2ccc(N=Nc3ccc(N=Nc4ccccc4)cc3S(=O)(=O)O)cc2)n1.O=S(=O)=O.O=S(=O)=O. The van der Waals surface area contributed by atoms with Gasteiger partial charge in [-0.1, -0.05) is 42.5 Å². The predicted octanol–water partition coefficient (Wildman–Crippen LogP) is 8.50. The van der Waals surface area contributed by atoms with Crippen molar-refractivity contribution in [3.63, 3.8) is 0 Å². The normalized spacial score (nSPS) is 11.8. The van der Waals surface area contributed by atoms with E-state index in [1.165, 1.54) is 36.4 Å². The van der Waals surface area contributed by atoms with Crippen molar-refractivity contribution >= 4 is 103 Å². The molecule has 0 saturated heterocycles. The van der Waals surface area contributed by atoms with Crippen LogP contribution in [0.3, 0.4) is 0 Å². The smallest absolute Gasteiger partial charge is 0.353 e. The third-order valence-corrected chi connectivity index (χ3v) is 11.5. The highest BCUT2D eigenvalue weighted by molar-refractivity contribution is 7.86. The Bertz CT molecular complexity index is 3790. The van der Waals surface area contributed by atoms with E-state index in [2.05, 4.69) is 61.2 Å². The Morgan fingerprint density at radius 1 is 0.427 bits per heavy atom. The molecule has 32 heteroatoms. The average molecular weight is 1120 g/mol. The molecule has 75 heavy (non-hydrogen) atoms. The highest BCUT2D eigenvalue weighted by atomic mass is 32.2. The van der Waals surface area contributed by atoms with Gasteiger partial charge < -0.3 is 5.32 Å². The highest BCUT2D eigenvalue weighted by Crippen LogP contribution is 2.32. The van der Waals surface area contributed by atoms with Crippen molar-refractivity contribution in [2.24, 2.45) is 40.9 Å². The van der Waals surface area contributed by atoms with Crippen LogP contribution in [0.2, 0.25) is 0 Å². The lowest BCUT2D eigenvalue weighted by molar-refractivity contribution is 0.481. The van der Waals surface area contributed by atoms with Crippen molar-refractivity contribution in [1.82, 2.24) is 15.0 Å². The first kappa shape index (κ1) is 57.4. The molecule has 6 aromatic carbocycles. The molecule has 0 amide bonds. The molecular formula is C43H36N12O15S5. The molecule has 0 atom stereocenters. The first-order valence-electron chi connectivity index (χ1n) is 20.6. The van der Waals surface area contributed by atoms with Crippen molar-refractivity contribution in [2.45, 2.75) is 22.6 Å². The second kappa shape index (κ2) is 27.0. The third-order valence-electron chi connectivity index (χ3n) is 9.05. The molecule has 0 spiro atoms. The maximum absolute atomic E-state index is 12.2. The summed E-state index contributed by atoms with van der Waals surface area (Å²) < 4.78 is 149. The van der Waals surface area contributed by atoms with E-state index in [-0.39, 0.29) is 41.6 Å². The lowest BCUT2D eigenvalue weighted by Gasteiger charge is -2.09. The van der Waals surface area contributed by atoms with E-state index >= 15 is 0 Å².